The summed E-state index contributed by atoms with van der Waals surface area (Å²) in [6.07, 6.45) is 0. The summed E-state index contributed by atoms with van der Waals surface area (Å²) in [5.41, 5.74) is 1.45. The second kappa shape index (κ2) is 8.73. The Balaban J connectivity index is 1.69. The molecular formula is C20H18BrN3O3S2. The van der Waals surface area contributed by atoms with Crippen LogP contribution in [0.3, 0.4) is 0 Å². The van der Waals surface area contributed by atoms with Crippen molar-refractivity contribution in [3.8, 4) is 10.7 Å². The normalized spacial score (nSPS) is 11.3. The molecular weight excluding hydrogens is 474 g/mol. The molecule has 3 aromatic heterocycles. The molecule has 0 bridgehead atoms. The first-order chi connectivity index (χ1) is 14.1. The van der Waals surface area contributed by atoms with Crippen molar-refractivity contribution in [2.24, 2.45) is 0 Å². The lowest BCUT2D eigenvalue weighted by atomic mass is 10.1. The first kappa shape index (κ1) is 20.2. The predicted molar refractivity (Wildman–Crippen MR) is 118 cm³/mol. The number of hydrogen-bond acceptors (Lipinski definition) is 7. The average molecular weight is 492 g/mol. The van der Waals surface area contributed by atoms with E-state index in [4.69, 9.17) is 9.15 Å². The fourth-order valence-electron chi connectivity index (χ4n) is 3.03. The van der Waals surface area contributed by atoms with Gasteiger partial charge < -0.3 is 13.7 Å². The van der Waals surface area contributed by atoms with Crippen LogP contribution in [0, 0.1) is 0 Å². The van der Waals surface area contributed by atoms with Gasteiger partial charge in [0.2, 0.25) is 5.76 Å². The molecule has 0 aliphatic rings. The Morgan fingerprint density at radius 2 is 2.17 bits per heavy atom. The molecule has 4 aromatic rings. The summed E-state index contributed by atoms with van der Waals surface area (Å²) in [6.45, 7) is 4.89. The molecule has 0 aliphatic heterocycles. The number of furan rings is 1. The van der Waals surface area contributed by atoms with Crippen molar-refractivity contribution in [1.82, 2.24) is 14.8 Å². The Morgan fingerprint density at radius 1 is 1.31 bits per heavy atom. The van der Waals surface area contributed by atoms with E-state index in [2.05, 4.69) is 37.6 Å². The van der Waals surface area contributed by atoms with E-state index < -0.39 is 5.97 Å². The van der Waals surface area contributed by atoms with Gasteiger partial charge in [0, 0.05) is 27.7 Å². The smallest absolute Gasteiger partial charge is 0.374 e. The molecule has 6 nitrogen and oxygen atoms in total. The molecule has 3 heterocycles. The molecule has 0 saturated carbocycles. The highest BCUT2D eigenvalue weighted by atomic mass is 79.9. The molecule has 0 amide bonds. The van der Waals surface area contributed by atoms with Crippen LogP contribution in [0.25, 0.3) is 21.7 Å². The van der Waals surface area contributed by atoms with Crippen LogP contribution in [0.2, 0.25) is 0 Å². The zero-order valence-corrected chi connectivity index (χ0v) is 19.1. The van der Waals surface area contributed by atoms with Gasteiger partial charge in [-0.15, -0.1) is 21.5 Å². The number of thioether (sulfide) groups is 1. The van der Waals surface area contributed by atoms with Gasteiger partial charge in [-0.25, -0.2) is 4.79 Å². The summed E-state index contributed by atoms with van der Waals surface area (Å²) in [6, 6.07) is 9.73. The van der Waals surface area contributed by atoms with Gasteiger partial charge >= 0.3 is 5.97 Å². The van der Waals surface area contributed by atoms with Gasteiger partial charge in [-0.05, 0) is 43.5 Å². The van der Waals surface area contributed by atoms with Crippen molar-refractivity contribution in [3.05, 3.63) is 51.5 Å². The Bertz CT molecular complexity index is 1150. The van der Waals surface area contributed by atoms with Crippen LogP contribution in [0.1, 0.15) is 30.0 Å². The number of carbonyl (C=O) groups excluding carboxylic acids is 1. The zero-order chi connectivity index (χ0) is 20.4. The SMILES string of the molecule is CCOC(=O)c1oc2ccc(Br)cc2c1CSc1nnc(-c2cccs2)n1CC. The third kappa shape index (κ3) is 3.99. The Kier molecular flexibility index (Phi) is 6.07. The molecule has 150 valence electrons. The van der Waals surface area contributed by atoms with E-state index in [1.165, 1.54) is 11.8 Å². The quantitative estimate of drug-likeness (QED) is 0.233. The highest BCUT2D eigenvalue weighted by Crippen LogP contribution is 2.35. The lowest BCUT2D eigenvalue weighted by Gasteiger charge is -2.06. The molecule has 29 heavy (non-hydrogen) atoms. The van der Waals surface area contributed by atoms with E-state index >= 15 is 0 Å². The first-order valence-electron chi connectivity index (χ1n) is 9.10. The number of rotatable bonds is 7. The number of nitrogens with zero attached hydrogens (tertiary/aromatic N) is 3. The highest BCUT2D eigenvalue weighted by Gasteiger charge is 2.23. The third-order valence-corrected chi connectivity index (χ3v) is 6.69. The number of esters is 1. The summed E-state index contributed by atoms with van der Waals surface area (Å²) in [5, 5.41) is 12.5. The minimum absolute atomic E-state index is 0.244. The van der Waals surface area contributed by atoms with Crippen LogP contribution in [0.5, 0.6) is 0 Å². The van der Waals surface area contributed by atoms with Crippen LogP contribution >= 0.6 is 39.0 Å². The number of ether oxygens (including phenoxy) is 1. The van der Waals surface area contributed by atoms with Crippen molar-refractivity contribution >= 4 is 56.0 Å². The molecule has 0 N–H and O–H groups in total. The predicted octanol–water partition coefficient (Wildman–Crippen LogP) is 6.00. The number of aromatic nitrogens is 3. The van der Waals surface area contributed by atoms with Crippen LogP contribution in [0.4, 0.5) is 0 Å². The molecule has 0 unspecified atom stereocenters. The van der Waals surface area contributed by atoms with E-state index in [1.807, 2.05) is 35.7 Å². The lowest BCUT2D eigenvalue weighted by Crippen LogP contribution is -2.06. The number of thiophene rings is 1. The summed E-state index contributed by atoms with van der Waals surface area (Å²) in [7, 11) is 0. The van der Waals surface area contributed by atoms with Crippen LogP contribution in [-0.4, -0.2) is 27.3 Å². The molecule has 0 aliphatic carbocycles. The van der Waals surface area contributed by atoms with E-state index in [0.29, 0.717) is 17.9 Å². The molecule has 0 atom stereocenters. The second-order valence-corrected chi connectivity index (χ2v) is 8.89. The van der Waals surface area contributed by atoms with Gasteiger partial charge in [0.15, 0.2) is 11.0 Å². The van der Waals surface area contributed by atoms with Gasteiger partial charge in [-0.3, -0.25) is 0 Å². The Labute approximate surface area is 184 Å². The summed E-state index contributed by atoms with van der Waals surface area (Å²) in [5.74, 6) is 1.16. The number of carbonyl (C=O) groups is 1. The topological polar surface area (TPSA) is 70.2 Å². The number of hydrogen-bond donors (Lipinski definition) is 0. The van der Waals surface area contributed by atoms with Crippen molar-refractivity contribution in [2.75, 3.05) is 6.61 Å². The standard InChI is InChI=1S/C20H18BrN3O3S2/c1-3-24-18(16-6-5-9-28-16)22-23-20(24)29-11-14-13-10-12(21)7-8-15(13)27-17(14)19(25)26-4-2/h5-10H,3-4,11H2,1-2H3. The summed E-state index contributed by atoms with van der Waals surface area (Å²) < 4.78 is 14.0. The molecule has 1 aromatic carbocycles. The summed E-state index contributed by atoms with van der Waals surface area (Å²) >= 11 is 6.66. The van der Waals surface area contributed by atoms with Crippen molar-refractivity contribution in [2.45, 2.75) is 31.3 Å². The van der Waals surface area contributed by atoms with Crippen molar-refractivity contribution in [3.63, 3.8) is 0 Å². The first-order valence-corrected chi connectivity index (χ1v) is 11.8. The Morgan fingerprint density at radius 3 is 2.90 bits per heavy atom. The average Bonchev–Trinajstić information content (AvgIpc) is 3.44. The van der Waals surface area contributed by atoms with E-state index in [9.17, 15) is 4.79 Å². The van der Waals surface area contributed by atoms with Gasteiger partial charge in [0.05, 0.1) is 11.5 Å². The maximum atomic E-state index is 12.4. The molecule has 9 heteroatoms. The van der Waals surface area contributed by atoms with Crippen LogP contribution < -0.4 is 0 Å². The van der Waals surface area contributed by atoms with E-state index in [-0.39, 0.29) is 5.76 Å². The fraction of sp³-hybridized carbons (Fsp3) is 0.250. The van der Waals surface area contributed by atoms with Crippen molar-refractivity contribution < 1.29 is 13.9 Å². The number of benzene rings is 1. The van der Waals surface area contributed by atoms with Crippen molar-refractivity contribution in [1.29, 1.82) is 0 Å². The van der Waals surface area contributed by atoms with Gasteiger partial charge in [-0.2, -0.15) is 0 Å². The second-order valence-electron chi connectivity index (χ2n) is 6.09. The third-order valence-electron chi connectivity index (χ3n) is 4.33. The van der Waals surface area contributed by atoms with Gasteiger partial charge in [0.1, 0.15) is 5.58 Å². The Hall–Kier alpha value is -2.10. The number of fused-ring (bicyclic) bond motifs is 1. The zero-order valence-electron chi connectivity index (χ0n) is 15.8. The molecule has 0 spiro atoms. The van der Waals surface area contributed by atoms with E-state index in [0.717, 1.165) is 37.8 Å². The maximum absolute atomic E-state index is 12.4. The van der Waals surface area contributed by atoms with Crippen LogP contribution in [-0.2, 0) is 17.0 Å². The number of halogens is 1. The maximum Gasteiger partial charge on any atom is 0.374 e. The van der Waals surface area contributed by atoms with Crippen LogP contribution in [0.15, 0.2) is 49.8 Å². The molecule has 0 saturated heterocycles. The monoisotopic (exact) mass is 491 g/mol. The fourth-order valence-corrected chi connectivity index (χ4v) is 5.14. The molecule has 4 rings (SSSR count). The minimum Gasteiger partial charge on any atom is -0.460 e. The molecule has 0 radical (unpaired) electrons. The van der Waals surface area contributed by atoms with Gasteiger partial charge in [0.25, 0.3) is 0 Å². The summed E-state index contributed by atoms with van der Waals surface area (Å²) in [4.78, 5) is 13.5. The highest BCUT2D eigenvalue weighted by molar-refractivity contribution is 9.10. The molecule has 0 fully saturated rings. The van der Waals surface area contributed by atoms with E-state index in [1.54, 1.807) is 18.3 Å². The minimum atomic E-state index is -0.452. The van der Waals surface area contributed by atoms with Gasteiger partial charge in [-0.1, -0.05) is 33.8 Å². The largest absolute Gasteiger partial charge is 0.460 e. The lowest BCUT2D eigenvalue weighted by molar-refractivity contribution is 0.0491.